The molecule has 0 aliphatic heterocycles. The molecule has 2 N–H and O–H groups in total. The summed E-state index contributed by atoms with van der Waals surface area (Å²) in [6.45, 7) is 0.156. The normalized spacial score (nSPS) is 10.6. The summed E-state index contributed by atoms with van der Waals surface area (Å²) >= 11 is 3.45. The average molecular weight is 618 g/mol. The third kappa shape index (κ3) is 8.33. The summed E-state index contributed by atoms with van der Waals surface area (Å²) in [5.41, 5.74) is 5.17. The van der Waals surface area contributed by atoms with Crippen LogP contribution >= 0.6 is 15.9 Å². The minimum absolute atomic E-state index is 0.215. The maximum Gasteiger partial charge on any atom is 0.271 e. The first-order valence-electron chi connectivity index (χ1n) is 12.5. The van der Waals surface area contributed by atoms with Gasteiger partial charge in [-0.15, -0.1) is 0 Å². The molecule has 4 aromatic carbocycles. The van der Waals surface area contributed by atoms with Crippen LogP contribution in [0, 0.1) is 0 Å². The quantitative estimate of drug-likeness (QED) is 0.153. The molecule has 4 rings (SSSR count). The first-order chi connectivity index (χ1) is 20.0. The van der Waals surface area contributed by atoms with Crippen molar-refractivity contribution in [2.24, 2.45) is 5.10 Å². The van der Waals surface area contributed by atoms with Gasteiger partial charge in [0, 0.05) is 11.3 Å². The molecule has 0 saturated heterocycles. The number of halogens is 1. The molecule has 10 heteroatoms. The van der Waals surface area contributed by atoms with Crippen molar-refractivity contribution < 1.29 is 28.5 Å². The van der Waals surface area contributed by atoms with Crippen molar-refractivity contribution in [1.29, 1.82) is 0 Å². The van der Waals surface area contributed by atoms with E-state index in [-0.39, 0.29) is 12.5 Å². The Morgan fingerprint density at radius 2 is 1.54 bits per heavy atom. The molecule has 0 fully saturated rings. The standard InChI is InChI=1S/C31H28BrN3O6/c1-38-27-17-23(13-14-26(27)40-19-21-9-5-3-6-10-21)31(37)35-33-18-22-15-25(32)30(28(16-22)39-2)41-20-29(36)34-24-11-7-4-8-12-24/h3-18H,19-20H2,1-2H3,(H,34,36)(H,35,37)/b33-18+. The van der Waals surface area contributed by atoms with E-state index >= 15 is 0 Å². The van der Waals surface area contributed by atoms with Crippen molar-refractivity contribution in [3.8, 4) is 23.0 Å². The van der Waals surface area contributed by atoms with E-state index in [1.54, 1.807) is 42.5 Å². The summed E-state index contributed by atoms with van der Waals surface area (Å²) in [5, 5.41) is 6.82. The maximum absolute atomic E-state index is 12.7. The molecule has 2 amide bonds. The van der Waals surface area contributed by atoms with Crippen LogP contribution < -0.4 is 29.7 Å². The Labute approximate surface area is 246 Å². The molecule has 4 aromatic rings. The van der Waals surface area contributed by atoms with E-state index in [0.717, 1.165) is 5.56 Å². The second-order valence-electron chi connectivity index (χ2n) is 8.58. The van der Waals surface area contributed by atoms with Gasteiger partial charge in [-0.25, -0.2) is 5.43 Å². The Morgan fingerprint density at radius 1 is 0.829 bits per heavy atom. The number of nitrogens with one attached hydrogen (secondary N) is 2. The third-order valence-corrected chi connectivity index (χ3v) is 6.29. The van der Waals surface area contributed by atoms with Crippen LogP contribution in [0.25, 0.3) is 0 Å². The summed E-state index contributed by atoms with van der Waals surface area (Å²) in [4.78, 5) is 25.0. The number of carbonyl (C=O) groups excluding carboxylic acids is 2. The van der Waals surface area contributed by atoms with Crippen molar-refractivity contribution in [3.63, 3.8) is 0 Å². The second-order valence-corrected chi connectivity index (χ2v) is 9.43. The largest absolute Gasteiger partial charge is 0.493 e. The van der Waals surface area contributed by atoms with Gasteiger partial charge in [-0.2, -0.15) is 5.10 Å². The predicted octanol–water partition coefficient (Wildman–Crippen LogP) is 5.83. The lowest BCUT2D eigenvalue weighted by molar-refractivity contribution is -0.118. The fourth-order valence-electron chi connectivity index (χ4n) is 3.70. The molecule has 0 aromatic heterocycles. The molecule has 0 atom stereocenters. The molecule has 0 heterocycles. The SMILES string of the molecule is COc1cc(C(=O)N/N=C/c2cc(Br)c(OCC(=O)Nc3ccccc3)c(OC)c2)ccc1OCc1ccccc1. The Kier molecular flexibility index (Phi) is 10.3. The fraction of sp³-hybridized carbons (Fsp3) is 0.129. The Bertz CT molecular complexity index is 1510. The van der Waals surface area contributed by atoms with Gasteiger partial charge in [0.1, 0.15) is 6.61 Å². The van der Waals surface area contributed by atoms with Crippen LogP contribution in [0.4, 0.5) is 5.69 Å². The fourth-order valence-corrected chi connectivity index (χ4v) is 4.28. The van der Waals surface area contributed by atoms with E-state index < -0.39 is 5.91 Å². The molecule has 0 spiro atoms. The Hall–Kier alpha value is -4.83. The number of hydrogen-bond acceptors (Lipinski definition) is 7. The number of hydrogen-bond donors (Lipinski definition) is 2. The predicted molar refractivity (Wildman–Crippen MR) is 160 cm³/mol. The number of ether oxygens (including phenoxy) is 4. The van der Waals surface area contributed by atoms with Gasteiger partial charge in [-0.3, -0.25) is 9.59 Å². The lowest BCUT2D eigenvalue weighted by Crippen LogP contribution is -2.20. The highest BCUT2D eigenvalue weighted by Crippen LogP contribution is 2.36. The maximum atomic E-state index is 12.7. The number of methoxy groups -OCH3 is 2. The lowest BCUT2D eigenvalue weighted by Gasteiger charge is -2.13. The summed E-state index contributed by atoms with van der Waals surface area (Å²) < 4.78 is 23.0. The minimum Gasteiger partial charge on any atom is -0.493 e. The summed E-state index contributed by atoms with van der Waals surface area (Å²) in [5.74, 6) is 0.956. The number of nitrogens with zero attached hydrogens (tertiary/aromatic N) is 1. The number of amides is 2. The molecule has 0 bridgehead atoms. The van der Waals surface area contributed by atoms with Crippen molar-refractivity contribution >= 4 is 39.6 Å². The zero-order valence-corrected chi connectivity index (χ0v) is 24.0. The molecule has 0 aliphatic rings. The van der Waals surface area contributed by atoms with Crippen molar-refractivity contribution in [1.82, 2.24) is 5.43 Å². The summed E-state index contributed by atoms with van der Waals surface area (Å²) in [6, 6.07) is 27.1. The highest BCUT2D eigenvalue weighted by molar-refractivity contribution is 9.10. The van der Waals surface area contributed by atoms with E-state index in [4.69, 9.17) is 18.9 Å². The van der Waals surface area contributed by atoms with Crippen LogP contribution in [0.5, 0.6) is 23.0 Å². The van der Waals surface area contributed by atoms with Gasteiger partial charge in [-0.05, 0) is 69.5 Å². The topological polar surface area (TPSA) is 107 Å². The number of rotatable bonds is 12. The van der Waals surface area contributed by atoms with Crippen LogP contribution in [0.15, 0.2) is 101 Å². The summed E-state index contributed by atoms with van der Waals surface area (Å²) in [7, 11) is 3.00. The minimum atomic E-state index is -0.426. The number of anilines is 1. The van der Waals surface area contributed by atoms with Crippen LogP contribution in [0.1, 0.15) is 21.5 Å². The molecule has 9 nitrogen and oxygen atoms in total. The average Bonchev–Trinajstić information content (AvgIpc) is 3.00. The molecule has 0 radical (unpaired) electrons. The molecule has 210 valence electrons. The van der Waals surface area contributed by atoms with Crippen LogP contribution in [-0.4, -0.2) is 38.9 Å². The molecular weight excluding hydrogens is 590 g/mol. The summed E-state index contributed by atoms with van der Waals surface area (Å²) in [6.07, 6.45) is 1.46. The number of carbonyl (C=O) groups is 2. The van der Waals surface area contributed by atoms with Gasteiger partial charge < -0.3 is 24.3 Å². The second kappa shape index (κ2) is 14.5. The number of hydrazone groups is 1. The van der Waals surface area contributed by atoms with E-state index in [1.807, 2.05) is 48.5 Å². The highest BCUT2D eigenvalue weighted by Gasteiger charge is 2.14. The molecule has 41 heavy (non-hydrogen) atoms. The lowest BCUT2D eigenvalue weighted by atomic mass is 10.2. The molecule has 0 aliphatic carbocycles. The van der Waals surface area contributed by atoms with Crippen molar-refractivity contribution in [3.05, 3.63) is 112 Å². The van der Waals surface area contributed by atoms with Crippen LogP contribution in [0.2, 0.25) is 0 Å². The smallest absolute Gasteiger partial charge is 0.271 e. The van der Waals surface area contributed by atoms with Gasteiger partial charge in [0.15, 0.2) is 29.6 Å². The monoisotopic (exact) mass is 617 g/mol. The van der Waals surface area contributed by atoms with Gasteiger partial charge in [0.25, 0.3) is 11.8 Å². The van der Waals surface area contributed by atoms with Crippen LogP contribution in [-0.2, 0) is 11.4 Å². The van der Waals surface area contributed by atoms with E-state index in [1.165, 1.54) is 20.4 Å². The van der Waals surface area contributed by atoms with Gasteiger partial charge >= 0.3 is 0 Å². The molecular formula is C31H28BrN3O6. The molecule has 0 unspecified atom stereocenters. The van der Waals surface area contributed by atoms with E-state index in [2.05, 4.69) is 31.8 Å². The number of para-hydroxylation sites is 1. The van der Waals surface area contributed by atoms with Gasteiger partial charge in [-0.1, -0.05) is 48.5 Å². The third-order valence-electron chi connectivity index (χ3n) is 5.70. The van der Waals surface area contributed by atoms with Crippen molar-refractivity contribution in [2.75, 3.05) is 26.1 Å². The van der Waals surface area contributed by atoms with E-state index in [0.29, 0.717) is 50.9 Å². The number of benzene rings is 4. The first kappa shape index (κ1) is 29.2. The zero-order chi connectivity index (χ0) is 29.0. The highest BCUT2D eigenvalue weighted by atomic mass is 79.9. The van der Waals surface area contributed by atoms with Crippen LogP contribution in [0.3, 0.4) is 0 Å². The zero-order valence-electron chi connectivity index (χ0n) is 22.4. The molecule has 0 saturated carbocycles. The van der Waals surface area contributed by atoms with Gasteiger partial charge in [0.2, 0.25) is 0 Å². The first-order valence-corrected chi connectivity index (χ1v) is 13.3. The van der Waals surface area contributed by atoms with E-state index in [9.17, 15) is 9.59 Å². The van der Waals surface area contributed by atoms with Crippen molar-refractivity contribution in [2.45, 2.75) is 6.61 Å². The van der Waals surface area contributed by atoms with Gasteiger partial charge in [0.05, 0.1) is 24.9 Å². The Balaban J connectivity index is 1.35. The Morgan fingerprint density at radius 3 is 2.24 bits per heavy atom.